The molecule has 1 aliphatic carbocycles. The van der Waals surface area contributed by atoms with Crippen LogP contribution in [0.3, 0.4) is 0 Å². The van der Waals surface area contributed by atoms with Gasteiger partial charge in [0.15, 0.2) is 0 Å². The van der Waals surface area contributed by atoms with Crippen LogP contribution in [0.1, 0.15) is 36.8 Å². The Morgan fingerprint density at radius 1 is 1.00 bits per heavy atom. The number of phenolic OH excluding ortho intramolecular Hbond substituents is 1. The van der Waals surface area contributed by atoms with Crippen LogP contribution >= 0.6 is 0 Å². The van der Waals surface area contributed by atoms with E-state index >= 15 is 0 Å². The van der Waals surface area contributed by atoms with Gasteiger partial charge in [-0.05, 0) is 36.1 Å². The van der Waals surface area contributed by atoms with Crippen molar-refractivity contribution in [1.29, 1.82) is 0 Å². The van der Waals surface area contributed by atoms with Gasteiger partial charge in [0.2, 0.25) is 5.91 Å². The van der Waals surface area contributed by atoms with Gasteiger partial charge in [-0.25, -0.2) is 0 Å². The largest absolute Gasteiger partial charge is 0.508 e. The highest BCUT2D eigenvalue weighted by Gasteiger charge is 2.35. The lowest BCUT2D eigenvalue weighted by atomic mass is 9.79. The van der Waals surface area contributed by atoms with Gasteiger partial charge in [0, 0.05) is 12.0 Å². The number of aromatic hydroxyl groups is 1. The summed E-state index contributed by atoms with van der Waals surface area (Å²) in [7, 11) is 0. The maximum absolute atomic E-state index is 12.3. The standard InChI is InChI=1S/C20H23NO2/c22-18-10-8-16(9-11-18)14-19(23)21-15-20(12-4-5-13-20)17-6-2-1-3-7-17/h1-3,6-11,22H,4-5,12-15H2,(H,21,23). The lowest BCUT2D eigenvalue weighted by Gasteiger charge is -2.30. The van der Waals surface area contributed by atoms with Crippen molar-refractivity contribution in [3.05, 3.63) is 65.7 Å². The van der Waals surface area contributed by atoms with Gasteiger partial charge in [-0.3, -0.25) is 4.79 Å². The number of nitrogens with one attached hydrogen (secondary N) is 1. The zero-order valence-electron chi connectivity index (χ0n) is 13.3. The summed E-state index contributed by atoms with van der Waals surface area (Å²) in [6.07, 6.45) is 5.07. The summed E-state index contributed by atoms with van der Waals surface area (Å²) in [5, 5.41) is 12.4. The molecular weight excluding hydrogens is 286 g/mol. The second kappa shape index (κ2) is 6.86. The Balaban J connectivity index is 1.63. The van der Waals surface area contributed by atoms with Crippen LogP contribution < -0.4 is 5.32 Å². The predicted molar refractivity (Wildman–Crippen MR) is 91.4 cm³/mol. The van der Waals surface area contributed by atoms with E-state index in [-0.39, 0.29) is 17.1 Å². The molecule has 23 heavy (non-hydrogen) atoms. The van der Waals surface area contributed by atoms with Crippen molar-refractivity contribution in [1.82, 2.24) is 5.32 Å². The lowest BCUT2D eigenvalue weighted by Crippen LogP contribution is -2.39. The van der Waals surface area contributed by atoms with E-state index < -0.39 is 0 Å². The molecule has 120 valence electrons. The molecule has 3 nitrogen and oxygen atoms in total. The van der Waals surface area contributed by atoms with E-state index in [4.69, 9.17) is 0 Å². The first kappa shape index (κ1) is 15.6. The van der Waals surface area contributed by atoms with E-state index in [1.807, 2.05) is 6.07 Å². The zero-order chi connectivity index (χ0) is 16.1. The monoisotopic (exact) mass is 309 g/mol. The first-order valence-corrected chi connectivity index (χ1v) is 8.28. The Kier molecular flexibility index (Phi) is 4.65. The summed E-state index contributed by atoms with van der Waals surface area (Å²) in [4.78, 5) is 12.3. The quantitative estimate of drug-likeness (QED) is 0.887. The van der Waals surface area contributed by atoms with Crippen LogP contribution in [-0.4, -0.2) is 17.6 Å². The van der Waals surface area contributed by atoms with Gasteiger partial charge in [-0.1, -0.05) is 55.3 Å². The summed E-state index contributed by atoms with van der Waals surface area (Å²) in [5.41, 5.74) is 2.34. The van der Waals surface area contributed by atoms with Gasteiger partial charge in [0.1, 0.15) is 5.75 Å². The lowest BCUT2D eigenvalue weighted by molar-refractivity contribution is -0.120. The Morgan fingerprint density at radius 3 is 2.30 bits per heavy atom. The maximum Gasteiger partial charge on any atom is 0.224 e. The maximum atomic E-state index is 12.3. The minimum absolute atomic E-state index is 0.0397. The average Bonchev–Trinajstić information content (AvgIpc) is 3.06. The zero-order valence-corrected chi connectivity index (χ0v) is 13.3. The summed E-state index contributed by atoms with van der Waals surface area (Å²) in [5.74, 6) is 0.265. The topological polar surface area (TPSA) is 49.3 Å². The fourth-order valence-electron chi connectivity index (χ4n) is 3.54. The van der Waals surface area contributed by atoms with E-state index in [0.717, 1.165) is 18.4 Å². The van der Waals surface area contributed by atoms with Crippen LogP contribution in [0.4, 0.5) is 0 Å². The van der Waals surface area contributed by atoms with Gasteiger partial charge < -0.3 is 10.4 Å². The minimum Gasteiger partial charge on any atom is -0.508 e. The van der Waals surface area contributed by atoms with E-state index in [0.29, 0.717) is 13.0 Å². The number of phenols is 1. The van der Waals surface area contributed by atoms with Crippen molar-refractivity contribution in [2.75, 3.05) is 6.54 Å². The normalized spacial score (nSPS) is 16.2. The molecule has 2 N–H and O–H groups in total. The summed E-state index contributed by atoms with van der Waals surface area (Å²) in [6.45, 7) is 0.702. The highest BCUT2D eigenvalue weighted by molar-refractivity contribution is 5.78. The second-order valence-electron chi connectivity index (χ2n) is 6.47. The molecule has 0 unspecified atom stereocenters. The van der Waals surface area contributed by atoms with Crippen molar-refractivity contribution in [3.63, 3.8) is 0 Å². The van der Waals surface area contributed by atoms with Crippen LogP contribution in [-0.2, 0) is 16.6 Å². The Bertz CT molecular complexity index is 643. The summed E-state index contributed by atoms with van der Waals surface area (Å²) >= 11 is 0. The number of hydrogen-bond donors (Lipinski definition) is 2. The molecule has 2 aromatic rings. The molecule has 3 rings (SSSR count). The van der Waals surface area contributed by atoms with Crippen molar-refractivity contribution in [3.8, 4) is 5.75 Å². The van der Waals surface area contributed by atoms with E-state index in [1.165, 1.54) is 18.4 Å². The summed E-state index contributed by atoms with van der Waals surface area (Å²) in [6, 6.07) is 17.4. The molecule has 0 spiro atoms. The fraction of sp³-hybridized carbons (Fsp3) is 0.350. The number of rotatable bonds is 5. The molecule has 0 radical (unpaired) electrons. The number of hydrogen-bond acceptors (Lipinski definition) is 2. The molecule has 3 heteroatoms. The number of benzene rings is 2. The molecule has 1 aliphatic rings. The molecule has 0 bridgehead atoms. The van der Waals surface area contributed by atoms with Crippen LogP contribution in [0.5, 0.6) is 5.75 Å². The van der Waals surface area contributed by atoms with E-state index in [9.17, 15) is 9.90 Å². The van der Waals surface area contributed by atoms with Crippen molar-refractivity contribution in [2.45, 2.75) is 37.5 Å². The second-order valence-corrected chi connectivity index (χ2v) is 6.47. The Morgan fingerprint density at radius 2 is 1.65 bits per heavy atom. The highest BCUT2D eigenvalue weighted by atomic mass is 16.3. The van der Waals surface area contributed by atoms with Gasteiger partial charge in [0.25, 0.3) is 0 Å². The molecular formula is C20H23NO2. The Hall–Kier alpha value is -2.29. The van der Waals surface area contributed by atoms with E-state index in [2.05, 4.69) is 29.6 Å². The first-order valence-electron chi connectivity index (χ1n) is 8.28. The number of amides is 1. The number of carbonyl (C=O) groups is 1. The van der Waals surface area contributed by atoms with Gasteiger partial charge in [-0.2, -0.15) is 0 Å². The minimum atomic E-state index is 0.0397. The fourth-order valence-corrected chi connectivity index (χ4v) is 3.54. The Labute approximate surface area is 137 Å². The van der Waals surface area contributed by atoms with Crippen LogP contribution in [0.2, 0.25) is 0 Å². The third kappa shape index (κ3) is 3.73. The first-order chi connectivity index (χ1) is 11.2. The molecule has 0 aromatic heterocycles. The summed E-state index contributed by atoms with van der Waals surface area (Å²) < 4.78 is 0. The third-order valence-corrected chi connectivity index (χ3v) is 4.87. The smallest absolute Gasteiger partial charge is 0.224 e. The molecule has 0 atom stereocenters. The van der Waals surface area contributed by atoms with Crippen molar-refractivity contribution in [2.24, 2.45) is 0 Å². The molecule has 0 saturated heterocycles. The average molecular weight is 309 g/mol. The van der Waals surface area contributed by atoms with Crippen LogP contribution in [0, 0.1) is 0 Å². The molecule has 0 aliphatic heterocycles. The number of carbonyl (C=O) groups excluding carboxylic acids is 1. The molecule has 1 amide bonds. The molecule has 0 heterocycles. The predicted octanol–water partition coefficient (Wildman–Crippen LogP) is 3.56. The van der Waals surface area contributed by atoms with Crippen molar-refractivity contribution >= 4 is 5.91 Å². The van der Waals surface area contributed by atoms with Gasteiger partial charge in [-0.15, -0.1) is 0 Å². The molecule has 2 aromatic carbocycles. The van der Waals surface area contributed by atoms with Crippen LogP contribution in [0.15, 0.2) is 54.6 Å². The van der Waals surface area contributed by atoms with Gasteiger partial charge >= 0.3 is 0 Å². The van der Waals surface area contributed by atoms with Crippen molar-refractivity contribution < 1.29 is 9.90 Å². The highest BCUT2D eigenvalue weighted by Crippen LogP contribution is 2.40. The third-order valence-electron chi connectivity index (χ3n) is 4.87. The molecule has 1 fully saturated rings. The van der Waals surface area contributed by atoms with Crippen LogP contribution in [0.25, 0.3) is 0 Å². The van der Waals surface area contributed by atoms with E-state index in [1.54, 1.807) is 24.3 Å². The molecule has 1 saturated carbocycles. The van der Waals surface area contributed by atoms with Gasteiger partial charge in [0.05, 0.1) is 6.42 Å². The SMILES string of the molecule is O=C(Cc1ccc(O)cc1)NCC1(c2ccccc2)CCCC1.